The lowest BCUT2D eigenvalue weighted by atomic mass is 9.96. The molecule has 0 aliphatic rings. The summed E-state index contributed by atoms with van der Waals surface area (Å²) in [5.74, 6) is 1.02. The van der Waals surface area contributed by atoms with Crippen LogP contribution >= 0.6 is 0 Å². The molecule has 0 spiro atoms. The summed E-state index contributed by atoms with van der Waals surface area (Å²) in [4.78, 5) is 16.1. The molecule has 4 heterocycles. The summed E-state index contributed by atoms with van der Waals surface area (Å²) < 4.78 is 0. The van der Waals surface area contributed by atoms with E-state index in [9.17, 15) is 10.5 Å². The smallest absolute Gasteiger partial charge is 0.150 e. The van der Waals surface area contributed by atoms with E-state index >= 15 is 0 Å². The van der Waals surface area contributed by atoms with Crippen LogP contribution in [0.3, 0.4) is 0 Å². The van der Waals surface area contributed by atoms with Gasteiger partial charge in [-0.2, -0.15) is 30.9 Å². The maximum absolute atomic E-state index is 9.38. The number of nitrogens with two attached hydrogens (primary N) is 2. The molecule has 2 atom stereocenters. The van der Waals surface area contributed by atoms with E-state index in [2.05, 4.69) is 51.0 Å². The number of benzene rings is 4. The van der Waals surface area contributed by atoms with Crippen molar-refractivity contribution in [2.75, 3.05) is 22.1 Å². The molecular weight excluding hydrogens is 701 g/mol. The lowest BCUT2D eigenvalue weighted by Gasteiger charge is -2.19. The molecule has 0 radical (unpaired) electrons. The fraction of sp³-hybridized carbons (Fsp3) is 0.0952. The van der Waals surface area contributed by atoms with E-state index in [0.717, 1.165) is 55.4 Å². The van der Waals surface area contributed by atoms with Crippen LogP contribution in [0.15, 0.2) is 122 Å². The van der Waals surface area contributed by atoms with E-state index in [-0.39, 0.29) is 34.8 Å². The van der Waals surface area contributed by atoms with Crippen LogP contribution in [-0.4, -0.2) is 40.3 Å². The molecule has 4 aromatic heterocycles. The lowest BCUT2D eigenvalue weighted by molar-refractivity contribution is 0.804. The highest BCUT2D eigenvalue weighted by molar-refractivity contribution is 5.96. The Hall–Kier alpha value is -8.10. The standard InChI is InChI=1S/2C21H17N7/c2*1-13(26-21-16(11-22)20(23)24-12-25-21)19-18(14-7-3-2-4-8-14)15-9-5-6-10-17(15)27-28-19/h2*2-10,12-13H,1H3,(H3,23,24,25,26)/t2*13-/m10/s1. The van der Waals surface area contributed by atoms with Crippen LogP contribution in [0.2, 0.25) is 0 Å². The quantitative estimate of drug-likeness (QED) is 0.119. The van der Waals surface area contributed by atoms with Crippen LogP contribution in [0.1, 0.15) is 48.4 Å². The van der Waals surface area contributed by atoms with Crippen molar-refractivity contribution in [2.45, 2.75) is 25.9 Å². The van der Waals surface area contributed by atoms with Gasteiger partial charge in [0.1, 0.15) is 59.2 Å². The first-order chi connectivity index (χ1) is 27.4. The van der Waals surface area contributed by atoms with E-state index in [4.69, 9.17) is 11.5 Å². The van der Waals surface area contributed by atoms with Crippen molar-refractivity contribution in [3.8, 4) is 34.4 Å². The molecule has 0 saturated carbocycles. The number of aromatic nitrogens is 8. The van der Waals surface area contributed by atoms with Crippen LogP contribution in [0, 0.1) is 22.7 Å². The van der Waals surface area contributed by atoms with Gasteiger partial charge in [-0.05, 0) is 37.1 Å². The van der Waals surface area contributed by atoms with Crippen LogP contribution in [0.25, 0.3) is 44.1 Å². The van der Waals surface area contributed by atoms with Crippen molar-refractivity contribution >= 4 is 45.1 Å². The molecule has 0 bridgehead atoms. The van der Waals surface area contributed by atoms with Gasteiger partial charge in [0.25, 0.3) is 0 Å². The average molecular weight is 735 g/mol. The first kappa shape index (κ1) is 36.3. The zero-order valence-corrected chi connectivity index (χ0v) is 30.3. The molecule has 14 heteroatoms. The number of hydrogen-bond donors (Lipinski definition) is 4. The Labute approximate surface area is 322 Å². The molecule has 8 aromatic rings. The minimum atomic E-state index is -0.270. The van der Waals surface area contributed by atoms with Crippen LogP contribution < -0.4 is 22.1 Å². The van der Waals surface area contributed by atoms with E-state index in [0.29, 0.717) is 11.6 Å². The highest BCUT2D eigenvalue weighted by Gasteiger charge is 2.22. The van der Waals surface area contributed by atoms with E-state index in [1.165, 1.54) is 12.7 Å². The Morgan fingerprint density at radius 3 is 1.27 bits per heavy atom. The number of fused-ring (bicyclic) bond motifs is 2. The second-order valence-corrected chi connectivity index (χ2v) is 12.6. The van der Waals surface area contributed by atoms with Crippen molar-refractivity contribution in [3.05, 3.63) is 144 Å². The molecule has 4 aromatic carbocycles. The number of nitrogens with one attached hydrogen (secondary N) is 2. The second-order valence-electron chi connectivity index (χ2n) is 12.6. The van der Waals surface area contributed by atoms with Gasteiger partial charge in [0.05, 0.1) is 34.5 Å². The number of anilines is 4. The van der Waals surface area contributed by atoms with Crippen molar-refractivity contribution in [2.24, 2.45) is 0 Å². The fourth-order valence-electron chi connectivity index (χ4n) is 6.34. The summed E-state index contributed by atoms with van der Waals surface area (Å²) in [6.45, 7) is 3.90. The molecule has 0 aliphatic carbocycles. The summed E-state index contributed by atoms with van der Waals surface area (Å²) in [7, 11) is 0. The number of hydrogen-bond acceptors (Lipinski definition) is 14. The third-order valence-corrected chi connectivity index (χ3v) is 9.02. The van der Waals surface area contributed by atoms with Crippen LogP contribution in [0.5, 0.6) is 0 Å². The highest BCUT2D eigenvalue weighted by atomic mass is 15.1. The monoisotopic (exact) mass is 734 g/mol. The number of nitrogens with zero attached hydrogens (tertiary/aromatic N) is 10. The van der Waals surface area contributed by atoms with Gasteiger partial charge in [-0.1, -0.05) is 97.1 Å². The summed E-state index contributed by atoms with van der Waals surface area (Å²) >= 11 is 0. The van der Waals surface area contributed by atoms with Crippen LogP contribution in [-0.2, 0) is 0 Å². The second kappa shape index (κ2) is 16.3. The predicted octanol–water partition coefficient (Wildman–Crippen LogP) is 7.43. The lowest BCUT2D eigenvalue weighted by Crippen LogP contribution is -2.14. The van der Waals surface area contributed by atoms with Gasteiger partial charge < -0.3 is 22.1 Å². The third kappa shape index (κ3) is 7.39. The topological polar surface area (TPSA) is 227 Å². The maximum Gasteiger partial charge on any atom is 0.150 e. The molecule has 8 rings (SSSR count). The number of nitriles is 2. The number of rotatable bonds is 8. The summed E-state index contributed by atoms with van der Waals surface area (Å²) in [6, 6.07) is 39.4. The normalized spacial score (nSPS) is 11.7. The molecule has 14 nitrogen and oxygen atoms in total. The summed E-state index contributed by atoms with van der Waals surface area (Å²) in [5.41, 5.74) is 19.2. The molecule has 0 unspecified atom stereocenters. The maximum atomic E-state index is 9.38. The Bertz CT molecular complexity index is 2560. The van der Waals surface area contributed by atoms with Gasteiger partial charge in [0.2, 0.25) is 0 Å². The average Bonchev–Trinajstić information content (AvgIpc) is 3.24. The molecule has 6 N–H and O–H groups in total. The Morgan fingerprint density at radius 1 is 0.500 bits per heavy atom. The van der Waals surface area contributed by atoms with Gasteiger partial charge >= 0.3 is 0 Å². The Kier molecular flexibility index (Phi) is 10.5. The predicted molar refractivity (Wildman–Crippen MR) is 216 cm³/mol. The fourth-order valence-corrected chi connectivity index (χ4v) is 6.34. The van der Waals surface area contributed by atoms with E-state index < -0.39 is 0 Å². The van der Waals surface area contributed by atoms with Crippen molar-refractivity contribution < 1.29 is 0 Å². The van der Waals surface area contributed by atoms with E-state index in [1.807, 2.05) is 135 Å². The van der Waals surface area contributed by atoms with Crippen molar-refractivity contribution in [1.82, 2.24) is 40.3 Å². The molecule has 0 amide bonds. The largest absolute Gasteiger partial charge is 0.382 e. The first-order valence-corrected chi connectivity index (χ1v) is 17.5. The molecule has 0 aliphatic heterocycles. The highest BCUT2D eigenvalue weighted by Crippen LogP contribution is 2.36. The van der Waals surface area contributed by atoms with Crippen molar-refractivity contribution in [3.63, 3.8) is 0 Å². The Balaban J connectivity index is 0.000000172. The van der Waals surface area contributed by atoms with Gasteiger partial charge in [-0.25, -0.2) is 19.9 Å². The SMILES string of the molecule is C[C@@H](Nc1ncnc(N)c1C#N)c1nnc2ccccc2c1-c1ccccc1.C[C@H](Nc1ncnc(N)c1C#N)c1nnc2ccccc2c1-c1ccccc1. The zero-order chi connectivity index (χ0) is 39.0. The van der Waals surface area contributed by atoms with Crippen molar-refractivity contribution in [1.29, 1.82) is 10.5 Å². The van der Waals surface area contributed by atoms with Gasteiger partial charge in [-0.3, -0.25) is 0 Å². The van der Waals surface area contributed by atoms with Gasteiger partial charge in [0, 0.05) is 21.9 Å². The molecule has 56 heavy (non-hydrogen) atoms. The first-order valence-electron chi connectivity index (χ1n) is 17.5. The molecular formula is C42H34N14. The van der Waals surface area contributed by atoms with Crippen LogP contribution in [0.4, 0.5) is 23.3 Å². The number of nitrogen functional groups attached to an aromatic ring is 2. The minimum absolute atomic E-state index is 0.139. The van der Waals surface area contributed by atoms with Gasteiger partial charge in [-0.15, -0.1) is 0 Å². The summed E-state index contributed by atoms with van der Waals surface area (Å²) in [5, 5.41) is 45.0. The molecule has 0 saturated heterocycles. The zero-order valence-electron chi connectivity index (χ0n) is 30.3. The molecule has 272 valence electrons. The molecule has 0 fully saturated rings. The van der Waals surface area contributed by atoms with Gasteiger partial charge in [0.15, 0.2) is 0 Å². The van der Waals surface area contributed by atoms with E-state index in [1.54, 1.807) is 0 Å². The Morgan fingerprint density at radius 2 is 0.875 bits per heavy atom. The third-order valence-electron chi connectivity index (χ3n) is 9.02. The summed E-state index contributed by atoms with van der Waals surface area (Å²) in [6.07, 6.45) is 2.66. The minimum Gasteiger partial charge on any atom is -0.382 e.